The summed E-state index contributed by atoms with van der Waals surface area (Å²) in [7, 11) is 2.00. The van der Waals surface area contributed by atoms with Gasteiger partial charge < -0.3 is 9.88 Å². The van der Waals surface area contributed by atoms with Crippen molar-refractivity contribution in [3.63, 3.8) is 0 Å². The molecule has 0 spiro atoms. The second-order valence-electron chi connectivity index (χ2n) is 4.21. The fourth-order valence-electron chi connectivity index (χ4n) is 1.73. The molecular weight excluding hydrogens is 314 g/mol. The zero-order valence-corrected chi connectivity index (χ0v) is 12.7. The van der Waals surface area contributed by atoms with Gasteiger partial charge in [0.25, 0.3) is 0 Å². The molecule has 0 saturated carbocycles. The van der Waals surface area contributed by atoms with Crippen molar-refractivity contribution in [2.45, 2.75) is 13.3 Å². The van der Waals surface area contributed by atoms with Crippen molar-refractivity contribution < 1.29 is 0 Å². The first kappa shape index (κ1) is 13.4. The molecule has 3 nitrogen and oxygen atoms in total. The number of benzene rings is 1. The number of aryl methyl sites for hydroxylation is 2. The summed E-state index contributed by atoms with van der Waals surface area (Å²) >= 11 is 9.64. The quantitative estimate of drug-likeness (QED) is 0.925. The molecule has 0 aliphatic carbocycles. The van der Waals surface area contributed by atoms with Crippen LogP contribution in [0.4, 0.5) is 5.69 Å². The van der Waals surface area contributed by atoms with Gasteiger partial charge in [-0.2, -0.15) is 0 Å². The molecule has 0 amide bonds. The standard InChI is InChI=1S/C13H15BrClN3/c1-9-7-10(14)12(8-11(9)15)16-4-3-13-17-5-6-18(13)2/h5-8,16H,3-4H2,1-2H3. The molecule has 0 radical (unpaired) electrons. The highest BCUT2D eigenvalue weighted by atomic mass is 79.9. The minimum absolute atomic E-state index is 0.776. The summed E-state index contributed by atoms with van der Waals surface area (Å²) in [6, 6.07) is 3.96. The number of imidazole rings is 1. The van der Waals surface area contributed by atoms with Gasteiger partial charge in [0, 0.05) is 47.6 Å². The van der Waals surface area contributed by atoms with Crippen LogP contribution in [0.15, 0.2) is 29.0 Å². The zero-order valence-electron chi connectivity index (χ0n) is 10.4. The molecule has 2 rings (SSSR count). The molecule has 18 heavy (non-hydrogen) atoms. The van der Waals surface area contributed by atoms with Gasteiger partial charge in [-0.25, -0.2) is 4.98 Å². The van der Waals surface area contributed by atoms with E-state index < -0.39 is 0 Å². The third-order valence-electron chi connectivity index (χ3n) is 2.83. The van der Waals surface area contributed by atoms with E-state index in [4.69, 9.17) is 11.6 Å². The summed E-state index contributed by atoms with van der Waals surface area (Å²) in [5.74, 6) is 1.07. The molecule has 1 heterocycles. The van der Waals surface area contributed by atoms with Crippen LogP contribution in [0.3, 0.4) is 0 Å². The lowest BCUT2D eigenvalue weighted by molar-refractivity contribution is 0.789. The van der Waals surface area contributed by atoms with E-state index in [0.717, 1.165) is 39.5 Å². The number of nitrogens with one attached hydrogen (secondary N) is 1. The zero-order chi connectivity index (χ0) is 13.1. The molecule has 1 N–H and O–H groups in total. The fourth-order valence-corrected chi connectivity index (χ4v) is 2.49. The van der Waals surface area contributed by atoms with Crippen LogP contribution in [-0.2, 0) is 13.5 Å². The number of hydrogen-bond acceptors (Lipinski definition) is 2. The van der Waals surface area contributed by atoms with Crippen LogP contribution in [0.25, 0.3) is 0 Å². The van der Waals surface area contributed by atoms with E-state index in [9.17, 15) is 0 Å². The molecule has 0 aliphatic rings. The molecule has 0 bridgehead atoms. The van der Waals surface area contributed by atoms with Gasteiger partial charge in [0.1, 0.15) is 5.82 Å². The van der Waals surface area contributed by atoms with Gasteiger partial charge in [-0.05, 0) is 40.5 Å². The number of nitrogens with zero attached hydrogens (tertiary/aromatic N) is 2. The summed E-state index contributed by atoms with van der Waals surface area (Å²) in [5.41, 5.74) is 2.08. The van der Waals surface area contributed by atoms with Crippen LogP contribution in [-0.4, -0.2) is 16.1 Å². The number of rotatable bonds is 4. The number of hydrogen-bond donors (Lipinski definition) is 1. The lowest BCUT2D eigenvalue weighted by atomic mass is 10.2. The van der Waals surface area contributed by atoms with E-state index >= 15 is 0 Å². The summed E-state index contributed by atoms with van der Waals surface area (Å²) < 4.78 is 3.06. The fraction of sp³-hybridized carbons (Fsp3) is 0.308. The molecule has 1 aromatic carbocycles. The molecule has 0 aliphatic heterocycles. The molecule has 0 unspecified atom stereocenters. The lowest BCUT2D eigenvalue weighted by Crippen LogP contribution is -2.09. The van der Waals surface area contributed by atoms with Crippen LogP contribution in [0.5, 0.6) is 0 Å². The van der Waals surface area contributed by atoms with E-state index in [-0.39, 0.29) is 0 Å². The van der Waals surface area contributed by atoms with Gasteiger partial charge in [0.05, 0.1) is 0 Å². The predicted octanol–water partition coefficient (Wildman–Crippen LogP) is 3.80. The first-order valence-electron chi connectivity index (χ1n) is 5.73. The molecule has 0 atom stereocenters. The Morgan fingerprint density at radius 1 is 1.44 bits per heavy atom. The van der Waals surface area contributed by atoms with Crippen molar-refractivity contribution >= 4 is 33.2 Å². The van der Waals surface area contributed by atoms with Crippen molar-refractivity contribution in [2.24, 2.45) is 7.05 Å². The maximum absolute atomic E-state index is 6.11. The predicted molar refractivity (Wildman–Crippen MR) is 79.3 cm³/mol. The topological polar surface area (TPSA) is 29.9 Å². The molecule has 96 valence electrons. The summed E-state index contributed by atoms with van der Waals surface area (Å²) in [6.45, 7) is 2.81. The van der Waals surface area contributed by atoms with Crippen LogP contribution in [0, 0.1) is 6.92 Å². The van der Waals surface area contributed by atoms with Crippen molar-refractivity contribution in [3.8, 4) is 0 Å². The maximum atomic E-state index is 6.11. The average Bonchev–Trinajstić information content (AvgIpc) is 2.72. The highest BCUT2D eigenvalue weighted by molar-refractivity contribution is 9.10. The van der Waals surface area contributed by atoms with Crippen LogP contribution in [0.2, 0.25) is 5.02 Å². The van der Waals surface area contributed by atoms with Gasteiger partial charge in [-0.1, -0.05) is 11.6 Å². The molecule has 5 heteroatoms. The Bertz CT molecular complexity index is 551. The maximum Gasteiger partial charge on any atom is 0.110 e. The van der Waals surface area contributed by atoms with E-state index in [1.54, 1.807) is 0 Å². The normalized spacial score (nSPS) is 10.7. The molecule has 0 fully saturated rings. The van der Waals surface area contributed by atoms with Crippen LogP contribution < -0.4 is 5.32 Å². The van der Waals surface area contributed by atoms with Gasteiger partial charge >= 0.3 is 0 Å². The third-order valence-corrected chi connectivity index (χ3v) is 3.90. The van der Waals surface area contributed by atoms with Crippen molar-refractivity contribution in [1.29, 1.82) is 0 Å². The Balaban J connectivity index is 1.99. The SMILES string of the molecule is Cc1cc(Br)c(NCCc2nccn2C)cc1Cl. The molecule has 1 aromatic heterocycles. The smallest absolute Gasteiger partial charge is 0.110 e. The average molecular weight is 329 g/mol. The third kappa shape index (κ3) is 3.06. The Morgan fingerprint density at radius 3 is 2.89 bits per heavy atom. The first-order chi connectivity index (χ1) is 8.58. The largest absolute Gasteiger partial charge is 0.384 e. The van der Waals surface area contributed by atoms with E-state index in [1.165, 1.54) is 0 Å². The Hall–Kier alpha value is -1.00. The van der Waals surface area contributed by atoms with Gasteiger partial charge in [0.2, 0.25) is 0 Å². The second-order valence-corrected chi connectivity index (χ2v) is 5.47. The highest BCUT2D eigenvalue weighted by Crippen LogP contribution is 2.29. The van der Waals surface area contributed by atoms with Gasteiger partial charge in [0.15, 0.2) is 0 Å². The molecule has 0 saturated heterocycles. The lowest BCUT2D eigenvalue weighted by Gasteiger charge is -2.10. The number of anilines is 1. The van der Waals surface area contributed by atoms with Gasteiger partial charge in [-0.3, -0.25) is 0 Å². The summed E-state index contributed by atoms with van der Waals surface area (Å²) in [4.78, 5) is 4.29. The first-order valence-corrected chi connectivity index (χ1v) is 6.90. The van der Waals surface area contributed by atoms with E-state index in [1.807, 2.05) is 43.1 Å². The van der Waals surface area contributed by atoms with E-state index in [2.05, 4.69) is 26.2 Å². The van der Waals surface area contributed by atoms with Crippen molar-refractivity contribution in [1.82, 2.24) is 9.55 Å². The number of halogens is 2. The molecular formula is C13H15BrClN3. The van der Waals surface area contributed by atoms with Crippen molar-refractivity contribution in [2.75, 3.05) is 11.9 Å². The van der Waals surface area contributed by atoms with Gasteiger partial charge in [-0.15, -0.1) is 0 Å². The van der Waals surface area contributed by atoms with Crippen LogP contribution in [0.1, 0.15) is 11.4 Å². The second kappa shape index (κ2) is 5.76. The summed E-state index contributed by atoms with van der Waals surface area (Å²) in [5, 5.41) is 4.14. The van der Waals surface area contributed by atoms with E-state index in [0.29, 0.717) is 0 Å². The Morgan fingerprint density at radius 2 is 2.22 bits per heavy atom. The van der Waals surface area contributed by atoms with Crippen LogP contribution >= 0.6 is 27.5 Å². The summed E-state index contributed by atoms with van der Waals surface area (Å²) in [6.07, 6.45) is 4.64. The minimum Gasteiger partial charge on any atom is -0.384 e. The Labute approximate surface area is 120 Å². The monoisotopic (exact) mass is 327 g/mol. The highest BCUT2D eigenvalue weighted by Gasteiger charge is 2.04. The minimum atomic E-state index is 0.776. The Kier molecular flexibility index (Phi) is 4.30. The van der Waals surface area contributed by atoms with Crippen molar-refractivity contribution in [3.05, 3.63) is 45.4 Å². The number of aromatic nitrogens is 2. The molecule has 2 aromatic rings.